The quantitative estimate of drug-likeness (QED) is 0.905. The highest BCUT2D eigenvalue weighted by atomic mass is 16.5. The average Bonchev–Trinajstić information content (AvgIpc) is 2.47. The van der Waals surface area contributed by atoms with Gasteiger partial charge in [-0.25, -0.2) is 4.98 Å². The van der Waals surface area contributed by atoms with Crippen molar-refractivity contribution in [3.8, 4) is 5.88 Å². The van der Waals surface area contributed by atoms with Crippen molar-refractivity contribution in [3.63, 3.8) is 0 Å². The molecule has 1 aliphatic rings. The Kier molecular flexibility index (Phi) is 4.45. The van der Waals surface area contributed by atoms with E-state index in [4.69, 9.17) is 10.5 Å². The van der Waals surface area contributed by atoms with Crippen LogP contribution in [0.25, 0.3) is 0 Å². The van der Waals surface area contributed by atoms with Gasteiger partial charge in [0.2, 0.25) is 5.88 Å². The Balaban J connectivity index is 2.10. The molecule has 0 bridgehead atoms. The van der Waals surface area contributed by atoms with Gasteiger partial charge in [-0.05, 0) is 31.6 Å². The molecular weight excluding hydrogens is 240 g/mol. The van der Waals surface area contributed by atoms with Crippen LogP contribution >= 0.6 is 0 Å². The number of aromatic nitrogens is 2. The van der Waals surface area contributed by atoms with Crippen molar-refractivity contribution in [2.45, 2.75) is 45.1 Å². The number of nitrogens with zero attached hydrogens (tertiary/aromatic N) is 3. The molecule has 1 heterocycles. The van der Waals surface area contributed by atoms with Gasteiger partial charge in [-0.15, -0.1) is 0 Å². The zero-order valence-electron chi connectivity index (χ0n) is 12.1. The Bertz CT molecular complexity index is 416. The molecule has 0 spiro atoms. The van der Waals surface area contributed by atoms with Crippen molar-refractivity contribution < 1.29 is 4.74 Å². The molecular formula is C14H24N4O. The predicted octanol–water partition coefficient (Wildman–Crippen LogP) is 2.47. The summed E-state index contributed by atoms with van der Waals surface area (Å²) in [6.45, 7) is 2.28. The zero-order valence-corrected chi connectivity index (χ0v) is 12.1. The van der Waals surface area contributed by atoms with Gasteiger partial charge in [-0.2, -0.15) is 4.98 Å². The van der Waals surface area contributed by atoms with Gasteiger partial charge >= 0.3 is 0 Å². The number of methoxy groups -OCH3 is 1. The lowest BCUT2D eigenvalue weighted by Crippen LogP contribution is -2.36. The summed E-state index contributed by atoms with van der Waals surface area (Å²) >= 11 is 0. The highest BCUT2D eigenvalue weighted by Gasteiger charge is 2.25. The highest BCUT2D eigenvalue weighted by Crippen LogP contribution is 2.34. The molecule has 0 saturated heterocycles. The Hall–Kier alpha value is -1.52. The van der Waals surface area contributed by atoms with E-state index in [0.717, 1.165) is 11.7 Å². The molecule has 106 valence electrons. The molecule has 1 aliphatic carbocycles. The summed E-state index contributed by atoms with van der Waals surface area (Å²) in [6, 6.07) is 0.518. The smallest absolute Gasteiger partial charge is 0.242 e. The zero-order chi connectivity index (χ0) is 13.8. The second kappa shape index (κ2) is 6.08. The van der Waals surface area contributed by atoms with Gasteiger partial charge in [0.15, 0.2) is 5.82 Å². The Labute approximate surface area is 115 Å². The molecule has 0 amide bonds. The summed E-state index contributed by atoms with van der Waals surface area (Å²) in [5, 5.41) is 0. The maximum Gasteiger partial charge on any atom is 0.242 e. The van der Waals surface area contributed by atoms with Gasteiger partial charge in [0.25, 0.3) is 0 Å². The van der Waals surface area contributed by atoms with E-state index in [-0.39, 0.29) is 0 Å². The van der Waals surface area contributed by atoms with Crippen molar-refractivity contribution in [2.75, 3.05) is 24.8 Å². The van der Waals surface area contributed by atoms with Gasteiger partial charge in [0.05, 0.1) is 7.11 Å². The maximum absolute atomic E-state index is 6.06. The van der Waals surface area contributed by atoms with E-state index < -0.39 is 0 Å². The van der Waals surface area contributed by atoms with Gasteiger partial charge in [0.1, 0.15) is 12.0 Å². The Morgan fingerprint density at radius 3 is 2.58 bits per heavy atom. The van der Waals surface area contributed by atoms with Crippen LogP contribution < -0.4 is 15.4 Å². The molecule has 1 aromatic heterocycles. The van der Waals surface area contributed by atoms with Crippen molar-refractivity contribution in [1.82, 2.24) is 9.97 Å². The number of ether oxygens (including phenoxy) is 1. The largest absolute Gasteiger partial charge is 0.479 e. The molecule has 1 fully saturated rings. The Morgan fingerprint density at radius 2 is 2.00 bits per heavy atom. The van der Waals surface area contributed by atoms with Crippen LogP contribution in [0.1, 0.15) is 39.0 Å². The first kappa shape index (κ1) is 13.9. The molecule has 5 heteroatoms. The minimum Gasteiger partial charge on any atom is -0.479 e. The van der Waals surface area contributed by atoms with Crippen molar-refractivity contribution in [3.05, 3.63) is 6.33 Å². The van der Waals surface area contributed by atoms with Crippen LogP contribution in [-0.2, 0) is 0 Å². The van der Waals surface area contributed by atoms with Crippen LogP contribution in [0, 0.1) is 5.92 Å². The van der Waals surface area contributed by atoms with Crippen LogP contribution in [-0.4, -0.2) is 30.2 Å². The standard InChI is InChI=1S/C14H24N4O/c1-4-10-5-7-11(8-6-10)18(2)13-12(15)14(19-3)17-9-16-13/h9-11H,4-8,15H2,1-3H3. The number of hydrogen-bond acceptors (Lipinski definition) is 5. The van der Waals surface area contributed by atoms with E-state index in [0.29, 0.717) is 17.6 Å². The third kappa shape index (κ3) is 2.91. The minimum atomic E-state index is 0.457. The summed E-state index contributed by atoms with van der Waals surface area (Å²) in [5.41, 5.74) is 6.60. The topological polar surface area (TPSA) is 64.3 Å². The monoisotopic (exact) mass is 264 g/mol. The van der Waals surface area contributed by atoms with Crippen LogP contribution in [0.15, 0.2) is 6.33 Å². The Morgan fingerprint density at radius 1 is 1.32 bits per heavy atom. The number of anilines is 2. The van der Waals surface area contributed by atoms with E-state index in [1.165, 1.54) is 38.4 Å². The first-order chi connectivity index (χ1) is 9.17. The summed E-state index contributed by atoms with van der Waals surface area (Å²) < 4.78 is 5.15. The molecule has 0 radical (unpaired) electrons. The third-order valence-electron chi connectivity index (χ3n) is 4.30. The number of nitrogens with two attached hydrogens (primary N) is 1. The van der Waals surface area contributed by atoms with Crippen LogP contribution in [0.4, 0.5) is 11.5 Å². The molecule has 0 unspecified atom stereocenters. The summed E-state index contributed by atoms with van der Waals surface area (Å²) in [7, 11) is 3.64. The van der Waals surface area contributed by atoms with Crippen molar-refractivity contribution >= 4 is 11.5 Å². The lowest BCUT2D eigenvalue weighted by molar-refractivity contribution is 0.312. The van der Waals surface area contributed by atoms with Crippen LogP contribution in [0.2, 0.25) is 0 Å². The second-order valence-electron chi connectivity index (χ2n) is 5.31. The average molecular weight is 264 g/mol. The number of rotatable bonds is 4. The van der Waals surface area contributed by atoms with Crippen LogP contribution in [0.3, 0.4) is 0 Å². The van der Waals surface area contributed by atoms with Crippen LogP contribution in [0.5, 0.6) is 5.88 Å². The van der Waals surface area contributed by atoms with Gasteiger partial charge < -0.3 is 15.4 Å². The van der Waals surface area contributed by atoms with E-state index >= 15 is 0 Å². The fourth-order valence-electron chi connectivity index (χ4n) is 2.93. The molecule has 0 aliphatic heterocycles. The molecule has 19 heavy (non-hydrogen) atoms. The fraction of sp³-hybridized carbons (Fsp3) is 0.714. The highest BCUT2D eigenvalue weighted by molar-refractivity contribution is 5.67. The van der Waals surface area contributed by atoms with Gasteiger partial charge in [-0.1, -0.05) is 13.3 Å². The van der Waals surface area contributed by atoms with Crippen molar-refractivity contribution in [1.29, 1.82) is 0 Å². The number of hydrogen-bond donors (Lipinski definition) is 1. The van der Waals surface area contributed by atoms with E-state index in [2.05, 4.69) is 28.8 Å². The molecule has 1 saturated carbocycles. The molecule has 0 aromatic carbocycles. The fourth-order valence-corrected chi connectivity index (χ4v) is 2.93. The first-order valence-corrected chi connectivity index (χ1v) is 7.04. The summed E-state index contributed by atoms with van der Waals surface area (Å²) in [6.07, 6.45) is 7.82. The van der Waals surface area contributed by atoms with Crippen molar-refractivity contribution in [2.24, 2.45) is 5.92 Å². The predicted molar refractivity (Wildman–Crippen MR) is 77.4 cm³/mol. The lowest BCUT2D eigenvalue weighted by Gasteiger charge is -2.35. The SMILES string of the molecule is CCC1CCC(N(C)c2ncnc(OC)c2N)CC1. The summed E-state index contributed by atoms with van der Waals surface area (Å²) in [5.74, 6) is 2.13. The lowest BCUT2D eigenvalue weighted by atomic mass is 9.84. The molecule has 2 N–H and O–H groups in total. The minimum absolute atomic E-state index is 0.457. The first-order valence-electron chi connectivity index (χ1n) is 7.04. The van der Waals surface area contributed by atoms with E-state index in [9.17, 15) is 0 Å². The molecule has 0 atom stereocenters. The van der Waals surface area contributed by atoms with E-state index in [1.807, 2.05) is 0 Å². The molecule has 5 nitrogen and oxygen atoms in total. The summed E-state index contributed by atoms with van der Waals surface area (Å²) in [4.78, 5) is 10.5. The third-order valence-corrected chi connectivity index (χ3v) is 4.30. The molecule has 1 aromatic rings. The second-order valence-corrected chi connectivity index (χ2v) is 5.31. The number of nitrogen functional groups attached to an aromatic ring is 1. The normalized spacial score (nSPS) is 23.1. The van der Waals surface area contributed by atoms with E-state index in [1.54, 1.807) is 7.11 Å². The van der Waals surface area contributed by atoms with Gasteiger partial charge in [-0.3, -0.25) is 0 Å². The maximum atomic E-state index is 6.06. The van der Waals surface area contributed by atoms with Gasteiger partial charge in [0, 0.05) is 13.1 Å². The molecule has 2 rings (SSSR count).